The summed E-state index contributed by atoms with van der Waals surface area (Å²) < 4.78 is 11.1. The van der Waals surface area contributed by atoms with Gasteiger partial charge < -0.3 is 14.4 Å². The summed E-state index contributed by atoms with van der Waals surface area (Å²) >= 11 is 0. The van der Waals surface area contributed by atoms with Gasteiger partial charge in [0.2, 0.25) is 5.91 Å². The molecule has 1 aromatic carbocycles. The number of rotatable bonds is 5. The Morgan fingerprint density at radius 3 is 2.46 bits per heavy atom. The van der Waals surface area contributed by atoms with Crippen LogP contribution in [0.15, 0.2) is 18.2 Å². The summed E-state index contributed by atoms with van der Waals surface area (Å²) in [5.41, 5.74) is 1.88. The first-order chi connectivity index (χ1) is 13.5. The van der Waals surface area contributed by atoms with Crippen molar-refractivity contribution in [2.24, 2.45) is 5.92 Å². The fourth-order valence-corrected chi connectivity index (χ4v) is 4.22. The number of imide groups is 1. The highest BCUT2D eigenvalue weighted by Crippen LogP contribution is 2.27. The molecule has 0 unspecified atom stereocenters. The van der Waals surface area contributed by atoms with Crippen molar-refractivity contribution >= 4 is 17.7 Å². The molecule has 3 heterocycles. The number of hydrogen-bond donors (Lipinski definition) is 0. The first-order valence-electron chi connectivity index (χ1n) is 10.0. The monoisotopic (exact) mass is 386 g/mol. The van der Waals surface area contributed by atoms with Crippen LogP contribution in [0.4, 0.5) is 0 Å². The molecule has 0 aromatic heterocycles. The summed E-state index contributed by atoms with van der Waals surface area (Å²) in [6.07, 6.45) is 2.48. The molecule has 3 amide bonds. The van der Waals surface area contributed by atoms with E-state index in [0.717, 1.165) is 18.4 Å². The van der Waals surface area contributed by atoms with Gasteiger partial charge in [-0.3, -0.25) is 19.3 Å². The van der Waals surface area contributed by atoms with Gasteiger partial charge in [0.15, 0.2) is 6.29 Å². The van der Waals surface area contributed by atoms with Crippen molar-refractivity contribution < 1.29 is 23.9 Å². The number of ether oxygens (including phenoxy) is 2. The SMILES string of the molecule is Cc1ccc2c(c1)C(=O)N(CCCC(=O)N1CCC(C3OCCO3)CC1)C2=O. The predicted octanol–water partition coefficient (Wildman–Crippen LogP) is 1.98. The molecule has 28 heavy (non-hydrogen) atoms. The van der Waals surface area contributed by atoms with E-state index in [4.69, 9.17) is 9.47 Å². The fourth-order valence-electron chi connectivity index (χ4n) is 4.22. The number of nitrogens with zero attached hydrogens (tertiary/aromatic N) is 2. The molecule has 1 aromatic rings. The Morgan fingerprint density at radius 1 is 1.07 bits per heavy atom. The van der Waals surface area contributed by atoms with Crippen molar-refractivity contribution in [2.75, 3.05) is 32.8 Å². The summed E-state index contributed by atoms with van der Waals surface area (Å²) in [4.78, 5) is 40.6. The van der Waals surface area contributed by atoms with E-state index in [2.05, 4.69) is 0 Å². The highest BCUT2D eigenvalue weighted by molar-refractivity contribution is 6.21. The predicted molar refractivity (Wildman–Crippen MR) is 101 cm³/mol. The van der Waals surface area contributed by atoms with Crippen molar-refractivity contribution in [3.63, 3.8) is 0 Å². The van der Waals surface area contributed by atoms with Crippen LogP contribution in [0, 0.1) is 12.8 Å². The van der Waals surface area contributed by atoms with Gasteiger partial charge >= 0.3 is 0 Å². The zero-order valence-electron chi connectivity index (χ0n) is 16.2. The molecule has 150 valence electrons. The second-order valence-electron chi connectivity index (χ2n) is 7.74. The third-order valence-electron chi connectivity index (χ3n) is 5.82. The Morgan fingerprint density at radius 2 is 1.75 bits per heavy atom. The van der Waals surface area contributed by atoms with E-state index < -0.39 is 0 Å². The summed E-state index contributed by atoms with van der Waals surface area (Å²) in [5, 5.41) is 0. The van der Waals surface area contributed by atoms with Gasteiger partial charge in [0.25, 0.3) is 11.8 Å². The molecular weight excluding hydrogens is 360 g/mol. The van der Waals surface area contributed by atoms with Crippen LogP contribution in [-0.2, 0) is 14.3 Å². The standard InChI is InChI=1S/C21H26N2O5/c1-14-4-5-16-17(13-14)20(26)23(19(16)25)8-2-3-18(24)22-9-6-15(7-10-22)21-27-11-12-28-21/h4-5,13,15,21H,2-3,6-12H2,1H3. The Hall–Kier alpha value is -2.25. The normalized spacial score (nSPS) is 20.9. The molecule has 2 saturated heterocycles. The summed E-state index contributed by atoms with van der Waals surface area (Å²) in [5.74, 6) is -0.0779. The number of piperidine rings is 1. The second-order valence-corrected chi connectivity index (χ2v) is 7.74. The van der Waals surface area contributed by atoms with Crippen LogP contribution in [0.3, 0.4) is 0 Å². The van der Waals surface area contributed by atoms with Gasteiger partial charge in [-0.15, -0.1) is 0 Å². The van der Waals surface area contributed by atoms with Crippen LogP contribution in [0.25, 0.3) is 0 Å². The van der Waals surface area contributed by atoms with E-state index in [9.17, 15) is 14.4 Å². The van der Waals surface area contributed by atoms with Crippen molar-refractivity contribution in [1.29, 1.82) is 0 Å². The van der Waals surface area contributed by atoms with Gasteiger partial charge in [-0.25, -0.2) is 0 Å². The van der Waals surface area contributed by atoms with Crippen LogP contribution in [-0.4, -0.2) is 66.7 Å². The largest absolute Gasteiger partial charge is 0.350 e. The van der Waals surface area contributed by atoms with Gasteiger partial charge in [-0.1, -0.05) is 11.6 Å². The Bertz CT molecular complexity index is 779. The maximum absolute atomic E-state index is 12.5. The number of amides is 3. The van der Waals surface area contributed by atoms with Gasteiger partial charge in [-0.05, 0) is 38.3 Å². The first kappa shape index (κ1) is 19.1. The second kappa shape index (κ2) is 8.01. The third-order valence-corrected chi connectivity index (χ3v) is 5.82. The maximum atomic E-state index is 12.5. The maximum Gasteiger partial charge on any atom is 0.261 e. The summed E-state index contributed by atoms with van der Waals surface area (Å²) in [6.45, 7) is 4.89. The highest BCUT2D eigenvalue weighted by Gasteiger charge is 2.35. The highest BCUT2D eigenvalue weighted by atomic mass is 16.7. The van der Waals surface area contributed by atoms with E-state index in [1.54, 1.807) is 12.1 Å². The van der Waals surface area contributed by atoms with E-state index in [1.807, 2.05) is 17.9 Å². The summed E-state index contributed by atoms with van der Waals surface area (Å²) in [7, 11) is 0. The van der Waals surface area contributed by atoms with Crippen molar-refractivity contribution in [1.82, 2.24) is 9.80 Å². The molecule has 4 rings (SSSR count). The molecule has 3 aliphatic rings. The molecule has 0 radical (unpaired) electrons. The third kappa shape index (κ3) is 3.69. The van der Waals surface area contributed by atoms with E-state index in [0.29, 0.717) is 56.2 Å². The number of carbonyl (C=O) groups is 3. The quantitative estimate of drug-likeness (QED) is 0.724. The van der Waals surface area contributed by atoms with Crippen LogP contribution < -0.4 is 0 Å². The lowest BCUT2D eigenvalue weighted by molar-refractivity contribution is -0.137. The van der Waals surface area contributed by atoms with Crippen LogP contribution >= 0.6 is 0 Å². The number of likely N-dealkylation sites (tertiary alicyclic amines) is 1. The number of hydrogen-bond acceptors (Lipinski definition) is 5. The molecule has 7 heteroatoms. The Balaban J connectivity index is 1.24. The van der Waals surface area contributed by atoms with Crippen LogP contribution in [0.1, 0.15) is 52.0 Å². The molecule has 0 spiro atoms. The van der Waals surface area contributed by atoms with Crippen molar-refractivity contribution in [2.45, 2.75) is 38.9 Å². The number of aryl methyl sites for hydroxylation is 1. The van der Waals surface area contributed by atoms with E-state index >= 15 is 0 Å². The molecule has 7 nitrogen and oxygen atoms in total. The Kier molecular flexibility index (Phi) is 5.46. The van der Waals surface area contributed by atoms with Gasteiger partial charge in [0.05, 0.1) is 24.3 Å². The number of fused-ring (bicyclic) bond motifs is 1. The molecule has 0 atom stereocenters. The topological polar surface area (TPSA) is 76.2 Å². The molecule has 2 fully saturated rings. The van der Waals surface area contributed by atoms with Crippen LogP contribution in [0.2, 0.25) is 0 Å². The molecule has 0 N–H and O–H groups in total. The Labute approximate surface area is 164 Å². The van der Waals surface area contributed by atoms with Gasteiger partial charge in [0.1, 0.15) is 0 Å². The van der Waals surface area contributed by atoms with E-state index in [-0.39, 0.29) is 30.6 Å². The lowest BCUT2D eigenvalue weighted by Crippen LogP contribution is -2.41. The van der Waals surface area contributed by atoms with Crippen molar-refractivity contribution in [3.05, 3.63) is 34.9 Å². The lowest BCUT2D eigenvalue weighted by Gasteiger charge is -2.34. The minimum absolute atomic E-state index is 0.0826. The summed E-state index contributed by atoms with van der Waals surface area (Å²) in [6, 6.07) is 5.29. The smallest absolute Gasteiger partial charge is 0.261 e. The van der Waals surface area contributed by atoms with Gasteiger partial charge in [0, 0.05) is 32.0 Å². The lowest BCUT2D eigenvalue weighted by atomic mass is 9.96. The fraction of sp³-hybridized carbons (Fsp3) is 0.571. The average Bonchev–Trinajstić information content (AvgIpc) is 3.31. The van der Waals surface area contributed by atoms with Crippen LogP contribution in [0.5, 0.6) is 0 Å². The van der Waals surface area contributed by atoms with Gasteiger partial charge in [-0.2, -0.15) is 0 Å². The zero-order valence-corrected chi connectivity index (χ0v) is 16.2. The minimum Gasteiger partial charge on any atom is -0.350 e. The zero-order chi connectivity index (χ0) is 19.7. The molecular formula is C21H26N2O5. The number of benzene rings is 1. The molecule has 0 bridgehead atoms. The molecule has 0 saturated carbocycles. The van der Waals surface area contributed by atoms with E-state index in [1.165, 1.54) is 4.90 Å². The minimum atomic E-state index is -0.259. The van der Waals surface area contributed by atoms with Crippen molar-refractivity contribution in [3.8, 4) is 0 Å². The first-order valence-corrected chi connectivity index (χ1v) is 10.0. The molecule has 0 aliphatic carbocycles. The molecule has 3 aliphatic heterocycles. The number of carbonyl (C=O) groups excluding carboxylic acids is 3. The average molecular weight is 386 g/mol.